The van der Waals surface area contributed by atoms with Crippen LogP contribution in [0.25, 0.3) is 0 Å². The van der Waals surface area contributed by atoms with E-state index in [4.69, 9.17) is 19.3 Å². The van der Waals surface area contributed by atoms with E-state index >= 15 is 0 Å². The van der Waals surface area contributed by atoms with Gasteiger partial charge in [0.1, 0.15) is 0 Å². The quantitative estimate of drug-likeness (QED) is 0.257. The minimum atomic E-state index is -1.72. The van der Waals surface area contributed by atoms with E-state index in [9.17, 15) is 14.7 Å². The lowest BCUT2D eigenvalue weighted by Gasteiger charge is -2.39. The third-order valence-electron chi connectivity index (χ3n) is 6.94. The summed E-state index contributed by atoms with van der Waals surface area (Å²) >= 11 is 0. The summed E-state index contributed by atoms with van der Waals surface area (Å²) in [5.41, 5.74) is 0.553. The molecule has 0 bridgehead atoms. The average molecular weight is 492 g/mol. The van der Waals surface area contributed by atoms with Crippen molar-refractivity contribution in [1.82, 2.24) is 5.32 Å². The fourth-order valence-corrected chi connectivity index (χ4v) is 4.93. The van der Waals surface area contributed by atoms with Crippen LogP contribution in [0.5, 0.6) is 0 Å². The zero-order valence-electron chi connectivity index (χ0n) is 21.5. The largest absolute Gasteiger partial charge is 0.481 e. The summed E-state index contributed by atoms with van der Waals surface area (Å²) in [7, 11) is 0. The third kappa shape index (κ3) is 8.27. The molecule has 3 saturated heterocycles. The van der Waals surface area contributed by atoms with Gasteiger partial charge in [0.05, 0.1) is 43.0 Å². The predicted octanol–water partition coefficient (Wildman–Crippen LogP) is 3.50. The molecule has 3 aliphatic rings. The predicted molar refractivity (Wildman–Crippen MR) is 132 cm³/mol. The van der Waals surface area contributed by atoms with E-state index in [0.717, 1.165) is 18.4 Å². The zero-order chi connectivity index (χ0) is 25.8. The van der Waals surface area contributed by atoms with Gasteiger partial charge in [0.2, 0.25) is 5.91 Å². The molecule has 0 radical (unpaired) electrons. The minimum Gasteiger partial charge on any atom is -0.481 e. The van der Waals surface area contributed by atoms with Crippen molar-refractivity contribution in [2.45, 2.75) is 102 Å². The SMILES string of the molecule is CC(/C=C/[C@@H]1C[C@]2(CO2)CC(O)(CC(=O)O)O1)=C\C[C@@H]1O[C@H](C)[C@H](NC(=O)/C=C\C(C)C)C[C@@H]1C. The Morgan fingerprint density at radius 1 is 1.23 bits per heavy atom. The third-order valence-corrected chi connectivity index (χ3v) is 6.94. The highest BCUT2D eigenvalue weighted by Crippen LogP contribution is 2.46. The molecule has 3 fully saturated rings. The van der Waals surface area contributed by atoms with E-state index in [1.54, 1.807) is 6.08 Å². The van der Waals surface area contributed by atoms with Gasteiger partial charge in [-0.15, -0.1) is 0 Å². The summed E-state index contributed by atoms with van der Waals surface area (Å²) in [6.07, 6.45) is 10.9. The van der Waals surface area contributed by atoms with Gasteiger partial charge >= 0.3 is 5.97 Å². The van der Waals surface area contributed by atoms with Crippen molar-refractivity contribution in [1.29, 1.82) is 0 Å². The summed E-state index contributed by atoms with van der Waals surface area (Å²) < 4.78 is 17.5. The molecule has 1 unspecified atom stereocenters. The first-order valence-electron chi connectivity index (χ1n) is 12.6. The summed E-state index contributed by atoms with van der Waals surface area (Å²) in [5.74, 6) is -2.28. The second-order valence-corrected chi connectivity index (χ2v) is 10.9. The summed E-state index contributed by atoms with van der Waals surface area (Å²) in [6.45, 7) is 10.7. The molecular formula is C27H41NO7. The van der Waals surface area contributed by atoms with Crippen molar-refractivity contribution in [3.63, 3.8) is 0 Å². The van der Waals surface area contributed by atoms with Crippen molar-refractivity contribution in [2.75, 3.05) is 6.61 Å². The van der Waals surface area contributed by atoms with Crippen LogP contribution in [-0.4, -0.2) is 64.4 Å². The molecule has 8 nitrogen and oxygen atoms in total. The van der Waals surface area contributed by atoms with Crippen LogP contribution in [0.2, 0.25) is 0 Å². The first-order chi connectivity index (χ1) is 16.4. The Labute approximate surface area is 208 Å². The fraction of sp³-hybridized carbons (Fsp3) is 0.704. The first kappa shape index (κ1) is 27.6. The van der Waals surface area contributed by atoms with Crippen molar-refractivity contribution >= 4 is 11.9 Å². The Morgan fingerprint density at radius 2 is 1.94 bits per heavy atom. The maximum absolute atomic E-state index is 12.2. The molecule has 196 valence electrons. The molecule has 0 aromatic heterocycles. The molecule has 8 heteroatoms. The van der Waals surface area contributed by atoms with Crippen LogP contribution in [0, 0.1) is 11.8 Å². The van der Waals surface area contributed by atoms with Gasteiger partial charge in [-0.05, 0) is 44.6 Å². The van der Waals surface area contributed by atoms with Crippen molar-refractivity contribution in [3.8, 4) is 0 Å². The second-order valence-electron chi connectivity index (χ2n) is 10.9. The number of amides is 1. The van der Waals surface area contributed by atoms with Gasteiger partial charge in [-0.1, -0.05) is 50.6 Å². The molecule has 3 aliphatic heterocycles. The standard InChI is InChI=1S/C27H41NO7/c1-17(2)6-11-24(29)28-22-12-19(4)23(34-20(22)5)10-8-18(3)7-9-21-13-26(16-33-26)15-27(32,35-21)14-25(30)31/h6-9,11,17,19-23,32H,10,12-16H2,1-5H3,(H,28,29)(H,30,31)/b9-7+,11-6-,18-8+/t19-,20+,21+,22+,23-,26+,27?/m0/s1. The second kappa shape index (κ2) is 11.4. The first-order valence-corrected chi connectivity index (χ1v) is 12.6. The summed E-state index contributed by atoms with van der Waals surface area (Å²) in [6, 6.07) is -0.0134. The number of aliphatic hydroxyl groups is 1. The molecule has 35 heavy (non-hydrogen) atoms. The van der Waals surface area contributed by atoms with E-state index in [1.807, 2.05) is 45.9 Å². The van der Waals surface area contributed by atoms with Crippen LogP contribution < -0.4 is 5.32 Å². The number of hydrogen-bond acceptors (Lipinski definition) is 6. The Kier molecular flexibility index (Phi) is 8.96. The molecule has 0 aliphatic carbocycles. The Bertz CT molecular complexity index is 860. The molecular weight excluding hydrogens is 450 g/mol. The van der Waals surface area contributed by atoms with Crippen molar-refractivity contribution in [3.05, 3.63) is 36.0 Å². The molecule has 3 rings (SSSR count). The Hall–Kier alpha value is -2.00. The van der Waals surface area contributed by atoms with Crippen LogP contribution >= 0.6 is 0 Å². The normalized spacial score (nSPS) is 37.9. The van der Waals surface area contributed by atoms with Crippen molar-refractivity contribution in [2.24, 2.45) is 11.8 Å². The zero-order valence-corrected chi connectivity index (χ0v) is 21.5. The van der Waals surface area contributed by atoms with Gasteiger partial charge in [0, 0.05) is 12.8 Å². The van der Waals surface area contributed by atoms with Crippen molar-refractivity contribution < 1.29 is 34.0 Å². The molecule has 1 amide bonds. The number of allylic oxidation sites excluding steroid dienone is 3. The monoisotopic (exact) mass is 491 g/mol. The molecule has 7 atom stereocenters. The molecule has 1 spiro atoms. The number of carbonyl (C=O) groups is 2. The van der Waals surface area contributed by atoms with Gasteiger partial charge in [0.25, 0.3) is 0 Å². The van der Waals surface area contributed by atoms with Crippen LogP contribution in [0.4, 0.5) is 0 Å². The van der Waals surface area contributed by atoms with E-state index in [-0.39, 0.29) is 36.5 Å². The molecule has 3 N–H and O–H groups in total. The number of ether oxygens (including phenoxy) is 3. The molecule has 0 aromatic carbocycles. The lowest BCUT2D eigenvalue weighted by molar-refractivity contribution is -0.259. The minimum absolute atomic E-state index is 0.0134. The number of hydrogen-bond donors (Lipinski definition) is 3. The number of epoxide rings is 1. The van der Waals surface area contributed by atoms with E-state index in [0.29, 0.717) is 18.9 Å². The number of carbonyl (C=O) groups excluding carboxylic acids is 1. The number of carboxylic acids is 1. The number of nitrogens with one attached hydrogen (secondary N) is 1. The number of carboxylic acid groups (broad SMARTS) is 1. The smallest absolute Gasteiger partial charge is 0.308 e. The summed E-state index contributed by atoms with van der Waals surface area (Å²) in [4.78, 5) is 23.3. The van der Waals surface area contributed by atoms with E-state index < -0.39 is 29.9 Å². The van der Waals surface area contributed by atoms with Crippen LogP contribution in [0.15, 0.2) is 36.0 Å². The van der Waals surface area contributed by atoms with E-state index in [1.165, 1.54) is 0 Å². The highest BCUT2D eigenvalue weighted by atomic mass is 16.7. The molecule has 0 saturated carbocycles. The van der Waals surface area contributed by atoms with Gasteiger partial charge in [-0.2, -0.15) is 0 Å². The summed E-state index contributed by atoms with van der Waals surface area (Å²) in [5, 5.41) is 22.8. The fourth-order valence-electron chi connectivity index (χ4n) is 4.93. The van der Waals surface area contributed by atoms with Crippen LogP contribution in [0.3, 0.4) is 0 Å². The highest BCUT2D eigenvalue weighted by Gasteiger charge is 2.57. The van der Waals surface area contributed by atoms with Gasteiger partial charge in [-0.25, -0.2) is 0 Å². The van der Waals surface area contributed by atoms with Gasteiger partial charge in [-0.3, -0.25) is 9.59 Å². The van der Waals surface area contributed by atoms with E-state index in [2.05, 4.69) is 18.3 Å². The maximum Gasteiger partial charge on any atom is 0.308 e. The Morgan fingerprint density at radius 3 is 2.57 bits per heavy atom. The number of rotatable bonds is 9. The maximum atomic E-state index is 12.2. The highest BCUT2D eigenvalue weighted by molar-refractivity contribution is 5.87. The topological polar surface area (TPSA) is 118 Å². The lowest BCUT2D eigenvalue weighted by Crippen LogP contribution is -2.50. The van der Waals surface area contributed by atoms with Crippen LogP contribution in [-0.2, 0) is 23.8 Å². The average Bonchev–Trinajstić information content (AvgIpc) is 3.48. The number of aliphatic carboxylic acids is 1. The lowest BCUT2D eigenvalue weighted by atomic mass is 9.87. The van der Waals surface area contributed by atoms with Crippen LogP contribution in [0.1, 0.15) is 66.7 Å². The van der Waals surface area contributed by atoms with Gasteiger partial charge in [0.15, 0.2) is 5.79 Å². The van der Waals surface area contributed by atoms with Gasteiger partial charge < -0.3 is 29.7 Å². The Balaban J connectivity index is 1.52. The molecule has 0 aromatic rings. The molecule has 3 heterocycles.